The molecule has 0 heterocycles. The zero-order chi connectivity index (χ0) is 52.9. The molecule has 74 heavy (non-hydrogen) atoms. The molecule has 0 spiro atoms. The highest BCUT2D eigenvalue weighted by Crippen LogP contribution is 1.91. The van der Waals surface area contributed by atoms with Crippen LogP contribution in [0.3, 0.4) is 0 Å². The van der Waals surface area contributed by atoms with Crippen LogP contribution in [0.25, 0.3) is 0 Å². The van der Waals surface area contributed by atoms with Crippen molar-refractivity contribution in [2.75, 3.05) is 324 Å². The number of nitrogens with two attached hydrogens (primary N) is 1. The molecule has 0 fully saturated rings. The predicted molar refractivity (Wildman–Crippen MR) is 270 cm³/mol. The molecule has 0 aliphatic carbocycles. The molecule has 0 unspecified atom stereocenters. The molecule has 0 aromatic heterocycles. The van der Waals surface area contributed by atoms with Crippen molar-refractivity contribution in [2.45, 2.75) is 0 Å². The Kier molecular flexibility index (Phi) is 71.0. The molecular weight excluding hydrogens is 987 g/mol. The van der Waals surface area contributed by atoms with Crippen LogP contribution in [0.1, 0.15) is 0 Å². The molecule has 0 atom stereocenters. The SMILES string of the molecule is COCCOCCOCCOCCOCCOCCOCCOCCOCCOCCOCCOCCOCCOCCOCCOCCOCCOCCOCCOCCOCCOCCOCCOCCN. The van der Waals surface area contributed by atoms with Gasteiger partial charge >= 0.3 is 0 Å². The van der Waals surface area contributed by atoms with E-state index in [4.69, 9.17) is 119 Å². The van der Waals surface area contributed by atoms with Gasteiger partial charge in [-0.05, 0) is 0 Å². The van der Waals surface area contributed by atoms with Gasteiger partial charge in [-0.1, -0.05) is 0 Å². The minimum atomic E-state index is 0.488. The Morgan fingerprint density at radius 3 is 0.297 bits per heavy atom. The van der Waals surface area contributed by atoms with Crippen LogP contribution in [0.15, 0.2) is 0 Å². The highest BCUT2D eigenvalue weighted by molar-refractivity contribution is 4.43. The largest absolute Gasteiger partial charge is 0.382 e. The van der Waals surface area contributed by atoms with Crippen LogP contribution in [0.2, 0.25) is 0 Å². The molecule has 0 aromatic rings. The van der Waals surface area contributed by atoms with Crippen molar-refractivity contribution in [3.63, 3.8) is 0 Å². The average Bonchev–Trinajstić information content (AvgIpc) is 3.41. The molecule has 0 aliphatic heterocycles. The van der Waals surface area contributed by atoms with Crippen molar-refractivity contribution in [1.29, 1.82) is 0 Å². The van der Waals surface area contributed by atoms with Crippen molar-refractivity contribution in [3.8, 4) is 0 Å². The molecule has 0 aliphatic rings. The summed E-state index contributed by atoms with van der Waals surface area (Å²) >= 11 is 0. The third kappa shape index (κ3) is 71.0. The smallest absolute Gasteiger partial charge is 0.0701 e. The third-order valence-electron chi connectivity index (χ3n) is 8.88. The van der Waals surface area contributed by atoms with E-state index in [1.165, 1.54) is 0 Å². The number of hydrogen-bond acceptors (Lipinski definition) is 25. The van der Waals surface area contributed by atoms with Gasteiger partial charge in [-0.3, -0.25) is 0 Å². The molecule has 0 rings (SSSR count). The van der Waals surface area contributed by atoms with Gasteiger partial charge in [0.15, 0.2) is 0 Å². The van der Waals surface area contributed by atoms with E-state index >= 15 is 0 Å². The van der Waals surface area contributed by atoms with Crippen LogP contribution in [-0.2, 0) is 114 Å². The maximum atomic E-state index is 5.52. The molecule has 25 heteroatoms. The minimum Gasteiger partial charge on any atom is -0.382 e. The number of methoxy groups -OCH3 is 1. The Bertz CT molecular complexity index is 891. The molecule has 0 aromatic carbocycles. The highest BCUT2D eigenvalue weighted by Gasteiger charge is 2.00. The van der Waals surface area contributed by atoms with Crippen LogP contribution >= 0.6 is 0 Å². The lowest BCUT2D eigenvalue weighted by Gasteiger charge is -2.09. The van der Waals surface area contributed by atoms with Crippen molar-refractivity contribution < 1.29 is 114 Å². The van der Waals surface area contributed by atoms with E-state index in [0.29, 0.717) is 317 Å². The summed E-state index contributed by atoms with van der Waals surface area (Å²) in [6, 6.07) is 0. The Hall–Kier alpha value is -1.00. The molecule has 2 N–H and O–H groups in total. The monoisotopic (exact) mass is 1090 g/mol. The summed E-state index contributed by atoms with van der Waals surface area (Å²) in [5.41, 5.74) is 5.34. The lowest BCUT2D eigenvalue weighted by atomic mass is 10.6. The fourth-order valence-electron chi connectivity index (χ4n) is 5.17. The molecule has 0 amide bonds. The first-order valence-corrected chi connectivity index (χ1v) is 26.4. The summed E-state index contributed by atoms with van der Waals surface area (Å²) in [7, 11) is 1.64. The number of rotatable bonds is 71. The fraction of sp³-hybridized carbons (Fsp3) is 1.00. The van der Waals surface area contributed by atoms with E-state index in [1.807, 2.05) is 0 Å². The van der Waals surface area contributed by atoms with Gasteiger partial charge in [0.25, 0.3) is 0 Å². The van der Waals surface area contributed by atoms with E-state index in [2.05, 4.69) is 0 Å². The number of ether oxygens (including phenoxy) is 24. The van der Waals surface area contributed by atoms with Gasteiger partial charge in [0.05, 0.1) is 311 Å². The van der Waals surface area contributed by atoms with Crippen LogP contribution in [0.5, 0.6) is 0 Å². The summed E-state index contributed by atoms with van der Waals surface area (Å²) in [4.78, 5) is 0. The molecule has 0 saturated heterocycles. The second-order valence-corrected chi connectivity index (χ2v) is 14.9. The van der Waals surface area contributed by atoms with E-state index in [9.17, 15) is 0 Å². The zero-order valence-electron chi connectivity index (χ0n) is 45.3. The van der Waals surface area contributed by atoms with E-state index in [-0.39, 0.29) is 0 Å². The first-order chi connectivity index (χ1) is 36.9. The third-order valence-corrected chi connectivity index (χ3v) is 8.88. The maximum Gasteiger partial charge on any atom is 0.0701 e. The molecule has 25 nitrogen and oxygen atoms in total. The van der Waals surface area contributed by atoms with Gasteiger partial charge in [-0.15, -0.1) is 0 Å². The fourth-order valence-corrected chi connectivity index (χ4v) is 5.17. The molecule has 0 radical (unpaired) electrons. The second-order valence-electron chi connectivity index (χ2n) is 14.9. The quantitative estimate of drug-likeness (QED) is 0.0786. The van der Waals surface area contributed by atoms with Crippen LogP contribution in [0, 0.1) is 0 Å². The van der Waals surface area contributed by atoms with Crippen molar-refractivity contribution in [3.05, 3.63) is 0 Å². The Balaban J connectivity index is 3.07. The Morgan fingerprint density at radius 2 is 0.216 bits per heavy atom. The van der Waals surface area contributed by atoms with Gasteiger partial charge in [-0.2, -0.15) is 0 Å². The normalized spacial score (nSPS) is 11.8. The molecular formula is C49H101NO24. The van der Waals surface area contributed by atoms with Gasteiger partial charge in [0, 0.05) is 13.7 Å². The second kappa shape index (κ2) is 72.0. The topological polar surface area (TPSA) is 248 Å². The van der Waals surface area contributed by atoms with Crippen LogP contribution in [0.4, 0.5) is 0 Å². The van der Waals surface area contributed by atoms with E-state index < -0.39 is 0 Å². The van der Waals surface area contributed by atoms with Crippen LogP contribution in [-0.4, -0.2) is 324 Å². The molecule has 0 saturated carbocycles. The standard InChI is InChI=1S/C49H101NO24/c1-51-4-5-53-8-9-55-12-13-57-16-17-59-20-21-61-24-25-63-28-29-65-32-33-67-36-37-69-40-41-71-44-45-73-48-49-74-47-46-72-43-42-70-39-38-68-35-34-66-31-30-64-27-26-62-23-22-60-19-18-58-15-14-56-11-10-54-7-6-52-3-2-50/h2-50H2,1H3. The first-order valence-electron chi connectivity index (χ1n) is 26.4. The summed E-state index contributed by atoms with van der Waals surface area (Å²) < 4.78 is 131. The summed E-state index contributed by atoms with van der Waals surface area (Å²) in [5.74, 6) is 0. The molecule has 0 bridgehead atoms. The van der Waals surface area contributed by atoms with E-state index in [1.54, 1.807) is 7.11 Å². The van der Waals surface area contributed by atoms with Crippen LogP contribution < -0.4 is 5.73 Å². The lowest BCUT2D eigenvalue weighted by Crippen LogP contribution is -2.16. The highest BCUT2D eigenvalue weighted by atomic mass is 16.6. The first kappa shape index (κ1) is 73.0. The van der Waals surface area contributed by atoms with Crippen molar-refractivity contribution >= 4 is 0 Å². The summed E-state index contributed by atoms with van der Waals surface area (Å²) in [6.45, 7) is 24.3. The van der Waals surface area contributed by atoms with Crippen molar-refractivity contribution in [2.24, 2.45) is 5.73 Å². The maximum absolute atomic E-state index is 5.52. The zero-order valence-corrected chi connectivity index (χ0v) is 45.3. The van der Waals surface area contributed by atoms with Gasteiger partial charge in [0.1, 0.15) is 0 Å². The lowest BCUT2D eigenvalue weighted by molar-refractivity contribution is -0.0319. The minimum absolute atomic E-state index is 0.488. The molecule has 446 valence electrons. The summed E-state index contributed by atoms with van der Waals surface area (Å²) in [5, 5.41) is 0. The van der Waals surface area contributed by atoms with Gasteiger partial charge < -0.3 is 119 Å². The Labute approximate surface area is 442 Å². The number of hydrogen-bond donors (Lipinski definition) is 1. The van der Waals surface area contributed by atoms with Crippen molar-refractivity contribution in [1.82, 2.24) is 0 Å². The Morgan fingerprint density at radius 1 is 0.135 bits per heavy atom. The van der Waals surface area contributed by atoms with Gasteiger partial charge in [-0.25, -0.2) is 0 Å². The summed E-state index contributed by atoms with van der Waals surface area (Å²) in [6.07, 6.45) is 0. The average molecular weight is 1090 g/mol. The van der Waals surface area contributed by atoms with E-state index in [0.717, 1.165) is 0 Å². The van der Waals surface area contributed by atoms with Gasteiger partial charge in [0.2, 0.25) is 0 Å². The predicted octanol–water partition coefficient (Wildman–Crippen LogP) is -0.0267.